The van der Waals surface area contributed by atoms with Gasteiger partial charge >= 0.3 is 0 Å². The maximum Gasteiger partial charge on any atom is 0.122 e. The van der Waals surface area contributed by atoms with Crippen molar-refractivity contribution in [2.75, 3.05) is 0 Å². The minimum absolute atomic E-state index is 0.582. The molecule has 100 valence electrons. The third-order valence-electron chi connectivity index (χ3n) is 3.37. The van der Waals surface area contributed by atoms with E-state index in [0.717, 1.165) is 11.3 Å². The molecule has 0 aliphatic heterocycles. The van der Waals surface area contributed by atoms with Gasteiger partial charge in [0.1, 0.15) is 12.4 Å². The molecule has 0 aliphatic carbocycles. The van der Waals surface area contributed by atoms with Crippen LogP contribution in [0.2, 0.25) is 0 Å². The molecule has 19 heavy (non-hydrogen) atoms. The van der Waals surface area contributed by atoms with E-state index in [1.807, 2.05) is 0 Å². The van der Waals surface area contributed by atoms with Crippen LogP contribution in [0.5, 0.6) is 5.75 Å². The van der Waals surface area contributed by atoms with Crippen molar-refractivity contribution in [1.82, 2.24) is 0 Å². The van der Waals surface area contributed by atoms with Gasteiger partial charge in [-0.15, -0.1) is 0 Å². The first-order chi connectivity index (χ1) is 9.10. The highest BCUT2D eigenvalue weighted by Crippen LogP contribution is 2.21. The summed E-state index contributed by atoms with van der Waals surface area (Å²) in [5.41, 5.74) is 11.6. The van der Waals surface area contributed by atoms with Crippen LogP contribution in [0.4, 0.5) is 0 Å². The normalized spacial score (nSPS) is 10.5. The van der Waals surface area contributed by atoms with Crippen LogP contribution in [0, 0.1) is 20.8 Å². The fourth-order valence-corrected chi connectivity index (χ4v) is 2.07. The van der Waals surface area contributed by atoms with E-state index in [1.54, 1.807) is 0 Å². The summed E-state index contributed by atoms with van der Waals surface area (Å²) in [6.07, 6.45) is 0. The smallest absolute Gasteiger partial charge is 0.122 e. The third kappa shape index (κ3) is 3.36. The van der Waals surface area contributed by atoms with E-state index >= 15 is 0 Å². The summed E-state index contributed by atoms with van der Waals surface area (Å²) in [5.74, 6) is 0.960. The van der Waals surface area contributed by atoms with Crippen LogP contribution in [-0.2, 0) is 13.2 Å². The first-order valence-corrected chi connectivity index (χ1v) is 6.58. The maximum atomic E-state index is 5.93. The van der Waals surface area contributed by atoms with Crippen LogP contribution in [0.3, 0.4) is 0 Å². The zero-order chi connectivity index (χ0) is 13.8. The summed E-state index contributed by atoms with van der Waals surface area (Å²) in [6, 6.07) is 12.6. The highest BCUT2D eigenvalue weighted by atomic mass is 16.5. The summed E-state index contributed by atoms with van der Waals surface area (Å²) in [5, 5.41) is 0. The molecule has 2 rings (SSSR count). The van der Waals surface area contributed by atoms with E-state index in [4.69, 9.17) is 10.5 Å². The second kappa shape index (κ2) is 5.89. The highest BCUT2D eigenvalue weighted by Gasteiger charge is 2.03. The minimum atomic E-state index is 0.582. The van der Waals surface area contributed by atoms with Gasteiger partial charge in [-0.25, -0.2) is 0 Å². The first kappa shape index (κ1) is 13.6. The molecular formula is C17H21NO. The molecule has 0 radical (unpaired) electrons. The van der Waals surface area contributed by atoms with Crippen molar-refractivity contribution in [3.8, 4) is 5.75 Å². The van der Waals surface area contributed by atoms with E-state index in [-0.39, 0.29) is 0 Å². The molecule has 2 heteroatoms. The van der Waals surface area contributed by atoms with Crippen molar-refractivity contribution < 1.29 is 4.74 Å². The number of rotatable bonds is 4. The van der Waals surface area contributed by atoms with Gasteiger partial charge in [0.2, 0.25) is 0 Å². The second-order valence-corrected chi connectivity index (χ2v) is 5.02. The van der Waals surface area contributed by atoms with Crippen molar-refractivity contribution in [2.24, 2.45) is 5.73 Å². The fraction of sp³-hybridized carbons (Fsp3) is 0.294. The van der Waals surface area contributed by atoms with E-state index in [1.165, 1.54) is 22.3 Å². The number of hydrogen-bond donors (Lipinski definition) is 1. The molecule has 0 aromatic heterocycles. The minimum Gasteiger partial charge on any atom is -0.489 e. The van der Waals surface area contributed by atoms with Crippen LogP contribution < -0.4 is 10.5 Å². The standard InChI is InChI=1S/C17H21NO/c1-12-4-5-13(2)17(8-12)19-11-16-7-6-15(10-18)9-14(16)3/h4-9H,10-11,18H2,1-3H3. The molecule has 0 atom stereocenters. The van der Waals surface area contributed by atoms with Gasteiger partial charge in [0.25, 0.3) is 0 Å². The molecule has 0 heterocycles. The molecule has 0 bridgehead atoms. The molecule has 2 aromatic carbocycles. The average molecular weight is 255 g/mol. The Balaban J connectivity index is 2.12. The Kier molecular flexibility index (Phi) is 4.23. The summed E-state index contributed by atoms with van der Waals surface area (Å²) in [6.45, 7) is 7.42. The number of aryl methyl sites for hydroxylation is 3. The second-order valence-electron chi connectivity index (χ2n) is 5.02. The largest absolute Gasteiger partial charge is 0.489 e. The molecular weight excluding hydrogens is 234 g/mol. The molecule has 0 saturated carbocycles. The Morgan fingerprint density at radius 2 is 1.74 bits per heavy atom. The Morgan fingerprint density at radius 3 is 2.42 bits per heavy atom. The van der Waals surface area contributed by atoms with Gasteiger partial charge in [0.05, 0.1) is 0 Å². The summed E-state index contributed by atoms with van der Waals surface area (Å²) in [7, 11) is 0. The summed E-state index contributed by atoms with van der Waals surface area (Å²) < 4.78 is 5.93. The van der Waals surface area contributed by atoms with Crippen LogP contribution in [0.1, 0.15) is 27.8 Å². The van der Waals surface area contributed by atoms with Crippen LogP contribution in [0.25, 0.3) is 0 Å². The van der Waals surface area contributed by atoms with Gasteiger partial charge in [-0.1, -0.05) is 30.3 Å². The molecule has 2 aromatic rings. The fourth-order valence-electron chi connectivity index (χ4n) is 2.07. The van der Waals surface area contributed by atoms with Crippen molar-refractivity contribution in [2.45, 2.75) is 33.9 Å². The predicted octanol–water partition coefficient (Wildman–Crippen LogP) is 3.65. The molecule has 2 nitrogen and oxygen atoms in total. The summed E-state index contributed by atoms with van der Waals surface area (Å²) >= 11 is 0. The average Bonchev–Trinajstić information content (AvgIpc) is 2.40. The lowest BCUT2D eigenvalue weighted by Crippen LogP contribution is -2.02. The van der Waals surface area contributed by atoms with Crippen LogP contribution in [-0.4, -0.2) is 0 Å². The van der Waals surface area contributed by atoms with Gasteiger partial charge in [0.15, 0.2) is 0 Å². The molecule has 0 fully saturated rings. The Hall–Kier alpha value is -1.80. The quantitative estimate of drug-likeness (QED) is 0.905. The Labute approximate surface area is 115 Å². The molecule has 2 N–H and O–H groups in total. The van der Waals surface area contributed by atoms with Crippen LogP contribution in [0.15, 0.2) is 36.4 Å². The molecule has 0 spiro atoms. The van der Waals surface area contributed by atoms with Gasteiger partial charge < -0.3 is 10.5 Å². The lowest BCUT2D eigenvalue weighted by Gasteiger charge is -2.12. The lowest BCUT2D eigenvalue weighted by molar-refractivity contribution is 0.303. The van der Waals surface area contributed by atoms with E-state index < -0.39 is 0 Å². The number of ether oxygens (including phenoxy) is 1. The molecule has 0 amide bonds. The van der Waals surface area contributed by atoms with E-state index in [0.29, 0.717) is 13.2 Å². The van der Waals surface area contributed by atoms with E-state index in [9.17, 15) is 0 Å². The lowest BCUT2D eigenvalue weighted by atomic mass is 10.1. The van der Waals surface area contributed by atoms with E-state index in [2.05, 4.69) is 57.2 Å². The monoisotopic (exact) mass is 255 g/mol. The highest BCUT2D eigenvalue weighted by molar-refractivity contribution is 5.37. The van der Waals surface area contributed by atoms with Crippen molar-refractivity contribution in [3.05, 3.63) is 64.2 Å². The van der Waals surface area contributed by atoms with Gasteiger partial charge in [-0.3, -0.25) is 0 Å². The topological polar surface area (TPSA) is 35.2 Å². The predicted molar refractivity (Wildman–Crippen MR) is 79.3 cm³/mol. The zero-order valence-corrected chi connectivity index (χ0v) is 11.9. The Bertz CT molecular complexity index is 575. The third-order valence-corrected chi connectivity index (χ3v) is 3.37. The van der Waals surface area contributed by atoms with Crippen molar-refractivity contribution in [3.63, 3.8) is 0 Å². The first-order valence-electron chi connectivity index (χ1n) is 6.58. The van der Waals surface area contributed by atoms with Crippen LogP contribution >= 0.6 is 0 Å². The molecule has 0 unspecified atom stereocenters. The summed E-state index contributed by atoms with van der Waals surface area (Å²) in [4.78, 5) is 0. The number of hydrogen-bond acceptors (Lipinski definition) is 2. The molecule has 0 aliphatic rings. The van der Waals surface area contributed by atoms with Gasteiger partial charge in [-0.05, 0) is 54.7 Å². The van der Waals surface area contributed by atoms with Gasteiger partial charge in [-0.2, -0.15) is 0 Å². The Morgan fingerprint density at radius 1 is 0.947 bits per heavy atom. The van der Waals surface area contributed by atoms with Crippen molar-refractivity contribution in [1.29, 1.82) is 0 Å². The van der Waals surface area contributed by atoms with Gasteiger partial charge in [0, 0.05) is 6.54 Å². The molecule has 0 saturated heterocycles. The number of benzene rings is 2. The maximum absolute atomic E-state index is 5.93. The SMILES string of the molecule is Cc1ccc(C)c(OCc2ccc(CN)cc2C)c1. The number of nitrogens with two attached hydrogens (primary N) is 1. The van der Waals surface area contributed by atoms with Crippen molar-refractivity contribution >= 4 is 0 Å². The zero-order valence-electron chi connectivity index (χ0n) is 11.9.